The number of nitrogens with zero attached hydrogens (tertiary/aromatic N) is 1. The summed E-state index contributed by atoms with van der Waals surface area (Å²) in [5.41, 5.74) is 2.46. The molecule has 0 saturated carbocycles. The van der Waals surface area contributed by atoms with Gasteiger partial charge in [0.2, 0.25) is 6.79 Å². The third-order valence-electron chi connectivity index (χ3n) is 3.54. The second kappa shape index (κ2) is 4.21. The zero-order valence-corrected chi connectivity index (χ0v) is 11.4. The lowest BCUT2D eigenvalue weighted by Gasteiger charge is -2.23. The van der Waals surface area contributed by atoms with E-state index < -0.39 is 0 Å². The first kappa shape index (κ1) is 11.3. The van der Waals surface area contributed by atoms with E-state index in [9.17, 15) is 0 Å². The number of ether oxygens (including phenoxy) is 2. The summed E-state index contributed by atoms with van der Waals surface area (Å²) in [6, 6.07) is 6.39. The Balaban J connectivity index is 1.77. The van der Waals surface area contributed by atoms with E-state index in [0.29, 0.717) is 6.79 Å². The monoisotopic (exact) mass is 274 g/mol. The molecular formula is C14H14N2O2S. The molecule has 0 amide bonds. The highest BCUT2D eigenvalue weighted by Crippen LogP contribution is 2.38. The minimum absolute atomic E-state index is 0.226. The molecule has 5 heteroatoms. The minimum atomic E-state index is 0.226. The van der Waals surface area contributed by atoms with Crippen LogP contribution in [0, 0.1) is 6.92 Å². The molecule has 98 valence electrons. The van der Waals surface area contributed by atoms with Gasteiger partial charge in [0.1, 0.15) is 0 Å². The Labute approximate surface area is 115 Å². The molecule has 0 saturated heterocycles. The Kier molecular flexibility index (Phi) is 2.50. The maximum Gasteiger partial charge on any atom is 0.231 e. The summed E-state index contributed by atoms with van der Waals surface area (Å²) >= 11 is 1.78. The van der Waals surface area contributed by atoms with Crippen molar-refractivity contribution >= 4 is 11.3 Å². The predicted molar refractivity (Wildman–Crippen MR) is 73.0 cm³/mol. The molecular weight excluding hydrogens is 260 g/mol. The molecule has 4 rings (SSSR count). The molecule has 0 aliphatic carbocycles. The van der Waals surface area contributed by atoms with Gasteiger partial charge in [-0.1, -0.05) is 6.07 Å². The SMILES string of the molecule is Cc1nc2c(s1)C(c1ccc3c(c1)OCO3)NCC2. The van der Waals surface area contributed by atoms with E-state index in [2.05, 4.69) is 29.4 Å². The van der Waals surface area contributed by atoms with Crippen LogP contribution in [0.1, 0.15) is 27.2 Å². The molecule has 0 spiro atoms. The zero-order chi connectivity index (χ0) is 12.8. The molecule has 4 nitrogen and oxygen atoms in total. The van der Waals surface area contributed by atoms with Gasteiger partial charge < -0.3 is 14.8 Å². The molecule has 0 fully saturated rings. The smallest absolute Gasteiger partial charge is 0.231 e. The summed E-state index contributed by atoms with van der Waals surface area (Å²) in [6.07, 6.45) is 1.01. The molecule has 1 aromatic carbocycles. The highest BCUT2D eigenvalue weighted by atomic mass is 32.1. The van der Waals surface area contributed by atoms with Gasteiger partial charge in [0, 0.05) is 17.8 Å². The molecule has 1 aromatic heterocycles. The number of benzene rings is 1. The lowest BCUT2D eigenvalue weighted by molar-refractivity contribution is 0.174. The topological polar surface area (TPSA) is 43.4 Å². The van der Waals surface area contributed by atoms with Gasteiger partial charge in [-0.25, -0.2) is 4.98 Å². The Morgan fingerprint density at radius 3 is 3.16 bits per heavy atom. The van der Waals surface area contributed by atoms with Gasteiger partial charge in [0.15, 0.2) is 11.5 Å². The fourth-order valence-corrected chi connectivity index (χ4v) is 3.76. The van der Waals surface area contributed by atoms with Crippen molar-refractivity contribution in [1.29, 1.82) is 0 Å². The van der Waals surface area contributed by atoms with E-state index in [1.165, 1.54) is 16.1 Å². The third-order valence-corrected chi connectivity index (χ3v) is 4.61. The molecule has 1 N–H and O–H groups in total. The maximum atomic E-state index is 5.46. The largest absolute Gasteiger partial charge is 0.454 e. The second-order valence-electron chi connectivity index (χ2n) is 4.79. The summed E-state index contributed by atoms with van der Waals surface area (Å²) in [5, 5.41) is 4.71. The van der Waals surface area contributed by atoms with Crippen LogP contribution in [0.4, 0.5) is 0 Å². The minimum Gasteiger partial charge on any atom is -0.454 e. The second-order valence-corrected chi connectivity index (χ2v) is 6.03. The summed E-state index contributed by atoms with van der Waals surface area (Å²) in [6.45, 7) is 3.36. The summed E-state index contributed by atoms with van der Waals surface area (Å²) in [4.78, 5) is 5.96. The van der Waals surface area contributed by atoms with Crippen LogP contribution in [0.15, 0.2) is 18.2 Å². The Bertz CT molecular complexity index is 638. The number of thiazole rings is 1. The number of hydrogen-bond acceptors (Lipinski definition) is 5. The van der Waals surface area contributed by atoms with Crippen molar-refractivity contribution in [3.8, 4) is 11.5 Å². The molecule has 2 aliphatic heterocycles. The zero-order valence-electron chi connectivity index (χ0n) is 10.6. The van der Waals surface area contributed by atoms with Crippen LogP contribution in [0.2, 0.25) is 0 Å². The Morgan fingerprint density at radius 1 is 1.32 bits per heavy atom. The van der Waals surface area contributed by atoms with E-state index in [-0.39, 0.29) is 6.04 Å². The first-order chi connectivity index (χ1) is 9.31. The standard InChI is InChI=1S/C14H14N2O2S/c1-8-16-10-4-5-15-13(14(10)19-8)9-2-3-11-12(6-9)18-7-17-11/h2-3,6,13,15H,4-5,7H2,1H3. The van der Waals surface area contributed by atoms with Gasteiger partial charge in [0.05, 0.1) is 16.7 Å². The van der Waals surface area contributed by atoms with Gasteiger partial charge >= 0.3 is 0 Å². The lowest BCUT2D eigenvalue weighted by atomic mass is 9.99. The predicted octanol–water partition coefficient (Wildman–Crippen LogP) is 2.42. The van der Waals surface area contributed by atoms with E-state index in [0.717, 1.165) is 29.5 Å². The van der Waals surface area contributed by atoms with Crippen molar-refractivity contribution in [2.45, 2.75) is 19.4 Å². The van der Waals surface area contributed by atoms with Crippen molar-refractivity contribution in [1.82, 2.24) is 10.3 Å². The van der Waals surface area contributed by atoms with Crippen LogP contribution in [0.25, 0.3) is 0 Å². The van der Waals surface area contributed by atoms with Crippen molar-refractivity contribution in [3.05, 3.63) is 39.3 Å². The molecule has 0 bridgehead atoms. The number of aryl methyl sites for hydroxylation is 1. The highest BCUT2D eigenvalue weighted by Gasteiger charge is 2.26. The number of rotatable bonds is 1. The fourth-order valence-electron chi connectivity index (χ4n) is 2.68. The maximum absolute atomic E-state index is 5.46. The average Bonchev–Trinajstić information content (AvgIpc) is 3.01. The first-order valence-electron chi connectivity index (χ1n) is 6.40. The van der Waals surface area contributed by atoms with Gasteiger partial charge in [0.25, 0.3) is 0 Å². The van der Waals surface area contributed by atoms with Gasteiger partial charge in [-0.15, -0.1) is 11.3 Å². The van der Waals surface area contributed by atoms with Crippen LogP contribution < -0.4 is 14.8 Å². The van der Waals surface area contributed by atoms with Crippen LogP contribution in [-0.2, 0) is 6.42 Å². The molecule has 0 radical (unpaired) electrons. The normalized spacial score (nSPS) is 20.4. The van der Waals surface area contributed by atoms with Crippen LogP contribution >= 0.6 is 11.3 Å². The molecule has 2 aromatic rings. The van der Waals surface area contributed by atoms with Gasteiger partial charge in [-0.2, -0.15) is 0 Å². The Morgan fingerprint density at radius 2 is 2.21 bits per heavy atom. The van der Waals surface area contributed by atoms with Gasteiger partial charge in [-0.3, -0.25) is 0 Å². The van der Waals surface area contributed by atoms with Crippen LogP contribution in [0.5, 0.6) is 11.5 Å². The van der Waals surface area contributed by atoms with Crippen molar-refractivity contribution in [3.63, 3.8) is 0 Å². The van der Waals surface area contributed by atoms with Crippen LogP contribution in [0.3, 0.4) is 0 Å². The quantitative estimate of drug-likeness (QED) is 0.867. The lowest BCUT2D eigenvalue weighted by Crippen LogP contribution is -2.29. The first-order valence-corrected chi connectivity index (χ1v) is 7.22. The van der Waals surface area contributed by atoms with E-state index in [1.54, 1.807) is 11.3 Å². The van der Waals surface area contributed by atoms with E-state index >= 15 is 0 Å². The van der Waals surface area contributed by atoms with Gasteiger partial charge in [-0.05, 0) is 24.6 Å². The number of fused-ring (bicyclic) bond motifs is 2. The fraction of sp³-hybridized carbons (Fsp3) is 0.357. The summed E-state index contributed by atoms with van der Waals surface area (Å²) < 4.78 is 10.8. The average molecular weight is 274 g/mol. The molecule has 1 atom stereocenters. The van der Waals surface area contributed by atoms with Crippen molar-refractivity contribution in [2.75, 3.05) is 13.3 Å². The van der Waals surface area contributed by atoms with Crippen molar-refractivity contribution in [2.24, 2.45) is 0 Å². The van der Waals surface area contributed by atoms with E-state index in [4.69, 9.17) is 9.47 Å². The highest BCUT2D eigenvalue weighted by molar-refractivity contribution is 7.11. The van der Waals surface area contributed by atoms with Crippen LogP contribution in [-0.4, -0.2) is 18.3 Å². The molecule has 19 heavy (non-hydrogen) atoms. The molecule has 1 unspecified atom stereocenters. The number of hydrogen-bond donors (Lipinski definition) is 1. The van der Waals surface area contributed by atoms with Crippen molar-refractivity contribution < 1.29 is 9.47 Å². The summed E-state index contributed by atoms with van der Waals surface area (Å²) in [5.74, 6) is 1.67. The summed E-state index contributed by atoms with van der Waals surface area (Å²) in [7, 11) is 0. The number of aromatic nitrogens is 1. The molecule has 3 heterocycles. The number of nitrogens with one attached hydrogen (secondary N) is 1. The molecule has 2 aliphatic rings. The Hall–Kier alpha value is -1.59. The third kappa shape index (κ3) is 1.81. The van der Waals surface area contributed by atoms with E-state index in [1.807, 2.05) is 6.07 Å².